The molecular formula is C25H23FN4O4. The maximum Gasteiger partial charge on any atom is 0.357 e. The number of nitrogens with one attached hydrogen (secondary N) is 1. The lowest BCUT2D eigenvalue weighted by atomic mass is 9.94. The van der Waals surface area contributed by atoms with Gasteiger partial charge in [0.15, 0.2) is 5.54 Å². The molecule has 3 N–H and O–H groups in total. The van der Waals surface area contributed by atoms with Gasteiger partial charge in [-0.3, -0.25) is 14.5 Å². The van der Waals surface area contributed by atoms with E-state index >= 15 is 0 Å². The van der Waals surface area contributed by atoms with E-state index in [1.165, 1.54) is 23.0 Å². The Kier molecular flexibility index (Phi) is 6.38. The van der Waals surface area contributed by atoms with Crippen LogP contribution in [0.2, 0.25) is 0 Å². The van der Waals surface area contributed by atoms with Crippen LogP contribution < -0.4 is 5.32 Å². The highest BCUT2D eigenvalue weighted by Crippen LogP contribution is 2.26. The van der Waals surface area contributed by atoms with E-state index in [9.17, 15) is 24.2 Å². The summed E-state index contributed by atoms with van der Waals surface area (Å²) in [6, 6.07) is 16.5. The zero-order valence-corrected chi connectivity index (χ0v) is 18.1. The first kappa shape index (κ1) is 23.1. The van der Waals surface area contributed by atoms with Crippen LogP contribution in [-0.2, 0) is 21.5 Å². The number of allylic oxidation sites excluding steroid dienone is 1. The molecule has 174 valence electrons. The van der Waals surface area contributed by atoms with E-state index in [0.717, 1.165) is 5.56 Å². The van der Waals surface area contributed by atoms with Gasteiger partial charge in [0.1, 0.15) is 5.82 Å². The maximum atomic E-state index is 13.5. The van der Waals surface area contributed by atoms with Crippen LogP contribution in [0.15, 0.2) is 84.0 Å². The Hall–Kier alpha value is -4.11. The van der Waals surface area contributed by atoms with Gasteiger partial charge in [-0.15, -0.1) is 0 Å². The Labute approximate surface area is 195 Å². The van der Waals surface area contributed by atoms with Gasteiger partial charge in [-0.05, 0) is 54.5 Å². The molecule has 34 heavy (non-hydrogen) atoms. The van der Waals surface area contributed by atoms with Crippen molar-refractivity contribution in [3.05, 3.63) is 90.4 Å². The summed E-state index contributed by atoms with van der Waals surface area (Å²) in [5.74, 6) is -2.72. The largest absolute Gasteiger partial charge is 0.478 e. The first-order chi connectivity index (χ1) is 16.3. The molecule has 0 aliphatic carbocycles. The fourth-order valence-electron chi connectivity index (χ4n) is 3.72. The second-order valence-corrected chi connectivity index (χ2v) is 8.03. The van der Waals surface area contributed by atoms with Gasteiger partial charge >= 0.3 is 5.97 Å². The summed E-state index contributed by atoms with van der Waals surface area (Å²) in [6.07, 6.45) is 6.20. The van der Waals surface area contributed by atoms with E-state index < -0.39 is 23.1 Å². The number of amides is 1. The van der Waals surface area contributed by atoms with E-state index in [4.69, 9.17) is 0 Å². The Morgan fingerprint density at radius 3 is 2.50 bits per heavy atom. The molecule has 2 aromatic carbocycles. The molecule has 3 aromatic rings. The molecule has 1 aliphatic heterocycles. The molecule has 9 heteroatoms. The monoisotopic (exact) mass is 462 g/mol. The van der Waals surface area contributed by atoms with Crippen molar-refractivity contribution in [3.63, 3.8) is 0 Å². The van der Waals surface area contributed by atoms with Gasteiger partial charge in [0.2, 0.25) is 5.72 Å². The number of aromatic nitrogens is 2. The van der Waals surface area contributed by atoms with Crippen LogP contribution >= 0.6 is 0 Å². The minimum absolute atomic E-state index is 0.0474. The van der Waals surface area contributed by atoms with Crippen LogP contribution in [0.25, 0.3) is 11.3 Å². The third-order valence-corrected chi connectivity index (χ3v) is 5.72. The summed E-state index contributed by atoms with van der Waals surface area (Å²) in [5.41, 5.74) is -2.04. The molecule has 1 amide bonds. The SMILES string of the molecule is O=C(O)C(O)(CCc1ccccc1)NC(=O)C1(n2ccc(-c3ccc(F)cc3)n2)C=CC=NC1. The number of dihydropyridines is 1. The normalized spacial score (nSPS) is 18.9. The molecular weight excluding hydrogens is 439 g/mol. The maximum absolute atomic E-state index is 13.5. The summed E-state index contributed by atoms with van der Waals surface area (Å²) in [4.78, 5) is 29.6. The van der Waals surface area contributed by atoms with Gasteiger partial charge in [-0.25, -0.2) is 9.18 Å². The number of carbonyl (C=O) groups is 2. The fourth-order valence-corrected chi connectivity index (χ4v) is 3.72. The average molecular weight is 462 g/mol. The van der Waals surface area contributed by atoms with E-state index in [-0.39, 0.29) is 25.2 Å². The lowest BCUT2D eigenvalue weighted by molar-refractivity contribution is -0.167. The number of carboxylic acid groups (broad SMARTS) is 1. The Morgan fingerprint density at radius 2 is 1.85 bits per heavy atom. The van der Waals surface area contributed by atoms with E-state index in [2.05, 4.69) is 15.4 Å². The third-order valence-electron chi connectivity index (χ3n) is 5.72. The van der Waals surface area contributed by atoms with Crippen LogP contribution in [-0.4, -0.2) is 50.4 Å². The zero-order chi connectivity index (χ0) is 24.2. The third kappa shape index (κ3) is 4.65. The molecule has 1 aliphatic rings. The van der Waals surface area contributed by atoms with E-state index in [1.807, 2.05) is 30.3 Å². The van der Waals surface area contributed by atoms with E-state index in [0.29, 0.717) is 11.3 Å². The number of aliphatic imine (C=N–C) groups is 1. The van der Waals surface area contributed by atoms with Gasteiger partial charge in [0, 0.05) is 24.4 Å². The number of aliphatic hydroxyl groups is 1. The van der Waals surface area contributed by atoms with Crippen LogP contribution in [0.1, 0.15) is 12.0 Å². The Morgan fingerprint density at radius 1 is 1.12 bits per heavy atom. The Balaban J connectivity index is 1.61. The van der Waals surface area contributed by atoms with Crippen LogP contribution in [0, 0.1) is 5.82 Å². The predicted octanol–water partition coefficient (Wildman–Crippen LogP) is 2.55. The number of carboxylic acids is 1. The fraction of sp³-hybridized carbons (Fsp3) is 0.200. The molecule has 0 spiro atoms. The van der Waals surface area contributed by atoms with Crippen molar-refractivity contribution in [3.8, 4) is 11.3 Å². The number of nitrogens with zero attached hydrogens (tertiary/aromatic N) is 3. The summed E-state index contributed by atoms with van der Waals surface area (Å²) in [6.45, 7) is -0.0474. The molecule has 2 heterocycles. The smallest absolute Gasteiger partial charge is 0.357 e. The lowest BCUT2D eigenvalue weighted by Crippen LogP contribution is -2.61. The van der Waals surface area contributed by atoms with Crippen LogP contribution in [0.3, 0.4) is 0 Å². The summed E-state index contributed by atoms with van der Waals surface area (Å²) in [5, 5.41) is 27.4. The predicted molar refractivity (Wildman–Crippen MR) is 124 cm³/mol. The molecule has 0 saturated heterocycles. The summed E-state index contributed by atoms with van der Waals surface area (Å²) < 4.78 is 14.7. The molecule has 2 atom stereocenters. The van der Waals surface area contributed by atoms with Gasteiger partial charge in [0.05, 0.1) is 12.2 Å². The minimum Gasteiger partial charge on any atom is -0.478 e. The number of rotatable bonds is 8. The molecule has 0 fully saturated rings. The number of aryl methyl sites for hydroxylation is 1. The topological polar surface area (TPSA) is 117 Å². The van der Waals surface area contributed by atoms with Crippen LogP contribution in [0.5, 0.6) is 0 Å². The number of benzene rings is 2. The van der Waals surface area contributed by atoms with Crippen molar-refractivity contribution >= 4 is 18.1 Å². The quantitative estimate of drug-likeness (QED) is 0.445. The highest BCUT2D eigenvalue weighted by Gasteiger charge is 2.46. The minimum atomic E-state index is -2.50. The number of halogens is 1. The summed E-state index contributed by atoms with van der Waals surface area (Å²) in [7, 11) is 0. The molecule has 4 rings (SSSR count). The highest BCUT2D eigenvalue weighted by atomic mass is 19.1. The number of hydrogen-bond acceptors (Lipinski definition) is 5. The van der Waals surface area contributed by atoms with Gasteiger partial charge in [-0.1, -0.05) is 30.3 Å². The van der Waals surface area contributed by atoms with E-state index in [1.54, 1.807) is 36.5 Å². The molecule has 1 aromatic heterocycles. The second kappa shape index (κ2) is 9.40. The summed E-state index contributed by atoms with van der Waals surface area (Å²) >= 11 is 0. The Bertz CT molecular complexity index is 1240. The molecule has 0 bridgehead atoms. The van der Waals surface area contributed by atoms with Gasteiger partial charge in [-0.2, -0.15) is 5.10 Å². The van der Waals surface area contributed by atoms with Crippen molar-refractivity contribution in [1.82, 2.24) is 15.1 Å². The van der Waals surface area contributed by atoms with Crippen molar-refractivity contribution < 1.29 is 24.2 Å². The van der Waals surface area contributed by atoms with Gasteiger partial charge < -0.3 is 15.5 Å². The second-order valence-electron chi connectivity index (χ2n) is 8.03. The average Bonchev–Trinajstić information content (AvgIpc) is 3.35. The first-order valence-electron chi connectivity index (χ1n) is 10.6. The molecule has 0 saturated carbocycles. The standard InChI is InChI=1S/C25H23FN4O4/c26-20-9-7-19(8-10-20)21-12-16-30(29-21)24(13-4-15-27-17-24)22(31)28-25(34,23(32)33)14-11-18-5-2-1-3-6-18/h1-10,12-13,15-16,34H,11,14,17H2,(H,28,31)(H,32,33). The molecule has 8 nitrogen and oxygen atoms in total. The van der Waals surface area contributed by atoms with Crippen molar-refractivity contribution in [2.24, 2.45) is 4.99 Å². The first-order valence-corrected chi connectivity index (χ1v) is 10.6. The molecule has 0 radical (unpaired) electrons. The number of carbonyl (C=O) groups excluding carboxylic acids is 1. The number of aliphatic carboxylic acids is 1. The highest BCUT2D eigenvalue weighted by molar-refractivity contribution is 5.93. The van der Waals surface area contributed by atoms with Crippen molar-refractivity contribution in [2.45, 2.75) is 24.1 Å². The molecule has 2 unspecified atom stereocenters. The van der Waals surface area contributed by atoms with Crippen molar-refractivity contribution in [2.75, 3.05) is 6.54 Å². The van der Waals surface area contributed by atoms with Crippen molar-refractivity contribution in [1.29, 1.82) is 0 Å². The van der Waals surface area contributed by atoms with Crippen LogP contribution in [0.4, 0.5) is 4.39 Å². The number of hydrogen-bond donors (Lipinski definition) is 3. The lowest BCUT2D eigenvalue weighted by Gasteiger charge is -2.34. The zero-order valence-electron chi connectivity index (χ0n) is 18.1. The van der Waals surface area contributed by atoms with Gasteiger partial charge in [0.25, 0.3) is 5.91 Å².